The summed E-state index contributed by atoms with van der Waals surface area (Å²) in [5, 5.41) is 2.91. The van der Waals surface area contributed by atoms with Gasteiger partial charge in [0.05, 0.1) is 12.7 Å². The Hall–Kier alpha value is -2.54. The number of methoxy groups -OCH3 is 1. The number of rotatable bonds is 3. The Morgan fingerprint density at radius 2 is 2.04 bits per heavy atom. The normalized spacial score (nSPS) is 12.7. The summed E-state index contributed by atoms with van der Waals surface area (Å²) in [6.45, 7) is 0. The number of benzene rings is 1. The van der Waals surface area contributed by atoms with E-state index < -0.39 is 11.9 Å². The van der Waals surface area contributed by atoms with Crippen LogP contribution in [0.25, 0.3) is 10.4 Å². The van der Waals surface area contributed by atoms with E-state index >= 15 is 0 Å². The molecule has 120 valence electrons. The molecule has 0 aliphatic heterocycles. The van der Waals surface area contributed by atoms with Gasteiger partial charge in [-0.1, -0.05) is 12.1 Å². The highest BCUT2D eigenvalue weighted by atomic mass is 32.1. The number of amides is 3. The molecule has 0 fully saturated rings. The summed E-state index contributed by atoms with van der Waals surface area (Å²) < 4.78 is 5.49. The van der Waals surface area contributed by atoms with Crippen molar-refractivity contribution in [2.24, 2.45) is 11.5 Å². The van der Waals surface area contributed by atoms with Crippen LogP contribution in [0.1, 0.15) is 27.9 Å². The zero-order chi connectivity index (χ0) is 16.6. The highest BCUT2D eigenvalue weighted by Gasteiger charge is 2.28. The monoisotopic (exact) mass is 331 g/mol. The number of primary amides is 2. The van der Waals surface area contributed by atoms with Crippen molar-refractivity contribution in [1.29, 1.82) is 0 Å². The second-order valence-electron chi connectivity index (χ2n) is 5.32. The highest BCUT2D eigenvalue weighted by molar-refractivity contribution is 7.20. The zero-order valence-electron chi connectivity index (χ0n) is 12.6. The molecule has 6 nitrogen and oxygen atoms in total. The van der Waals surface area contributed by atoms with Crippen LogP contribution < -0.4 is 21.5 Å². The van der Waals surface area contributed by atoms with Gasteiger partial charge in [-0.2, -0.15) is 0 Å². The summed E-state index contributed by atoms with van der Waals surface area (Å²) in [4.78, 5) is 24.1. The standard InChI is InChI=1S/C16H17N3O3S/c1-22-10-7-3-5-8-4-2-6-9-12(14(17)20)15(19-16(18)21)23-13(9)11(8)10/h3,5,7H,2,4,6H2,1H3,(H2,17,20)(H3,18,19,21). The molecule has 3 amide bonds. The molecule has 1 heterocycles. The number of carbonyl (C=O) groups is 2. The van der Waals surface area contributed by atoms with Gasteiger partial charge in [0.15, 0.2) is 0 Å². The minimum Gasteiger partial charge on any atom is -0.496 e. The molecule has 1 aliphatic rings. The van der Waals surface area contributed by atoms with Crippen LogP contribution in [0.3, 0.4) is 0 Å². The second kappa shape index (κ2) is 5.92. The molecule has 1 aromatic heterocycles. The predicted octanol–water partition coefficient (Wildman–Crippen LogP) is 2.50. The van der Waals surface area contributed by atoms with Gasteiger partial charge < -0.3 is 16.2 Å². The van der Waals surface area contributed by atoms with E-state index in [4.69, 9.17) is 16.2 Å². The molecule has 5 N–H and O–H groups in total. The van der Waals surface area contributed by atoms with Crippen LogP contribution in [0.5, 0.6) is 5.75 Å². The highest BCUT2D eigenvalue weighted by Crippen LogP contribution is 2.47. The molecule has 0 saturated carbocycles. The lowest BCUT2D eigenvalue weighted by Crippen LogP contribution is -2.22. The third-order valence-corrected chi connectivity index (χ3v) is 5.09. The first-order valence-corrected chi connectivity index (χ1v) is 8.02. The Morgan fingerprint density at radius 3 is 2.70 bits per heavy atom. The molecule has 1 aliphatic carbocycles. The first kappa shape index (κ1) is 15.4. The van der Waals surface area contributed by atoms with Crippen molar-refractivity contribution in [1.82, 2.24) is 0 Å². The second-order valence-corrected chi connectivity index (χ2v) is 6.34. The number of hydrogen-bond acceptors (Lipinski definition) is 4. The summed E-state index contributed by atoms with van der Waals surface area (Å²) in [6, 6.07) is 5.17. The quantitative estimate of drug-likeness (QED) is 0.804. The molecule has 0 spiro atoms. The van der Waals surface area contributed by atoms with Gasteiger partial charge in [-0.15, -0.1) is 11.3 Å². The third-order valence-electron chi connectivity index (χ3n) is 3.92. The average molecular weight is 331 g/mol. The van der Waals surface area contributed by atoms with Crippen molar-refractivity contribution in [3.05, 3.63) is 34.9 Å². The van der Waals surface area contributed by atoms with Gasteiger partial charge in [-0.3, -0.25) is 10.1 Å². The lowest BCUT2D eigenvalue weighted by Gasteiger charge is -2.11. The molecule has 0 saturated heterocycles. The number of anilines is 1. The first-order valence-electron chi connectivity index (χ1n) is 7.21. The molecule has 0 atom stereocenters. The summed E-state index contributed by atoms with van der Waals surface area (Å²) >= 11 is 1.31. The van der Waals surface area contributed by atoms with Crippen molar-refractivity contribution in [3.63, 3.8) is 0 Å². The van der Waals surface area contributed by atoms with Gasteiger partial charge in [0, 0.05) is 10.4 Å². The number of fused-ring (bicyclic) bond motifs is 3. The number of ether oxygens (including phenoxy) is 1. The Balaban J connectivity index is 2.29. The number of urea groups is 1. The summed E-state index contributed by atoms with van der Waals surface area (Å²) in [5.41, 5.74) is 14.1. The number of carbonyl (C=O) groups excluding carboxylic acids is 2. The maximum atomic E-state index is 11.9. The fraction of sp³-hybridized carbons (Fsp3) is 0.250. The number of nitrogens with one attached hydrogen (secondary N) is 1. The van der Waals surface area contributed by atoms with E-state index in [-0.39, 0.29) is 0 Å². The van der Waals surface area contributed by atoms with Gasteiger partial charge in [-0.05, 0) is 36.5 Å². The molecular weight excluding hydrogens is 314 g/mol. The molecule has 7 heteroatoms. The van der Waals surface area contributed by atoms with Crippen LogP contribution >= 0.6 is 11.3 Å². The van der Waals surface area contributed by atoms with Crippen LogP contribution in [0, 0.1) is 0 Å². The smallest absolute Gasteiger partial charge is 0.317 e. The van der Waals surface area contributed by atoms with E-state index in [1.54, 1.807) is 7.11 Å². The lowest BCUT2D eigenvalue weighted by molar-refractivity contribution is 0.100. The van der Waals surface area contributed by atoms with E-state index in [9.17, 15) is 9.59 Å². The fourth-order valence-corrected chi connectivity index (χ4v) is 4.38. The van der Waals surface area contributed by atoms with Gasteiger partial charge >= 0.3 is 6.03 Å². The number of thiophene rings is 1. The Labute approximate surface area is 137 Å². The van der Waals surface area contributed by atoms with E-state index in [0.717, 1.165) is 40.2 Å². The first-order chi connectivity index (χ1) is 11.0. The average Bonchev–Trinajstić information content (AvgIpc) is 2.74. The molecule has 0 radical (unpaired) electrons. The fourth-order valence-electron chi connectivity index (χ4n) is 3.03. The van der Waals surface area contributed by atoms with E-state index in [0.29, 0.717) is 17.0 Å². The molecular formula is C16H17N3O3S. The van der Waals surface area contributed by atoms with Crippen LogP contribution in [-0.2, 0) is 12.8 Å². The maximum Gasteiger partial charge on any atom is 0.317 e. The van der Waals surface area contributed by atoms with Crippen LogP contribution in [0.4, 0.5) is 9.80 Å². The van der Waals surface area contributed by atoms with E-state index in [1.165, 1.54) is 11.3 Å². The van der Waals surface area contributed by atoms with Crippen LogP contribution in [-0.4, -0.2) is 19.0 Å². The molecule has 3 rings (SSSR count). The molecule has 23 heavy (non-hydrogen) atoms. The largest absolute Gasteiger partial charge is 0.496 e. The van der Waals surface area contributed by atoms with Crippen molar-refractivity contribution in [2.45, 2.75) is 19.3 Å². The molecule has 0 bridgehead atoms. The minimum atomic E-state index is -0.718. The van der Waals surface area contributed by atoms with E-state index in [2.05, 4.69) is 11.4 Å². The Bertz CT molecular complexity index is 798. The van der Waals surface area contributed by atoms with Gasteiger partial charge in [-0.25, -0.2) is 4.79 Å². The molecule has 1 aromatic carbocycles. The topological polar surface area (TPSA) is 107 Å². The number of hydrogen-bond donors (Lipinski definition) is 3. The summed E-state index contributed by atoms with van der Waals surface area (Å²) in [5.74, 6) is 0.179. The third kappa shape index (κ3) is 2.63. The number of nitrogens with two attached hydrogens (primary N) is 2. The van der Waals surface area contributed by atoms with Gasteiger partial charge in [0.1, 0.15) is 10.8 Å². The van der Waals surface area contributed by atoms with Crippen molar-refractivity contribution in [3.8, 4) is 16.2 Å². The van der Waals surface area contributed by atoms with Gasteiger partial charge in [0.2, 0.25) is 0 Å². The Morgan fingerprint density at radius 1 is 1.26 bits per heavy atom. The van der Waals surface area contributed by atoms with Crippen molar-refractivity contribution < 1.29 is 14.3 Å². The summed E-state index contributed by atoms with van der Waals surface area (Å²) in [7, 11) is 1.62. The predicted molar refractivity (Wildman–Crippen MR) is 90.1 cm³/mol. The maximum absolute atomic E-state index is 11.9. The SMILES string of the molecule is COc1cccc2c1-c1sc(NC(N)=O)c(C(N)=O)c1CCC2. The number of aryl methyl sites for hydroxylation is 1. The minimum absolute atomic E-state index is 0.350. The summed E-state index contributed by atoms with van der Waals surface area (Å²) in [6.07, 6.45) is 2.49. The Kier molecular flexibility index (Phi) is 3.96. The lowest BCUT2D eigenvalue weighted by atomic mass is 10.0. The molecule has 2 aromatic rings. The van der Waals surface area contributed by atoms with Crippen LogP contribution in [0.2, 0.25) is 0 Å². The van der Waals surface area contributed by atoms with Crippen molar-refractivity contribution in [2.75, 3.05) is 12.4 Å². The zero-order valence-corrected chi connectivity index (χ0v) is 13.5. The van der Waals surface area contributed by atoms with E-state index in [1.807, 2.05) is 12.1 Å². The molecule has 0 unspecified atom stereocenters. The van der Waals surface area contributed by atoms with Crippen molar-refractivity contribution >= 4 is 28.3 Å². The van der Waals surface area contributed by atoms with Crippen LogP contribution in [0.15, 0.2) is 18.2 Å². The van der Waals surface area contributed by atoms with Gasteiger partial charge in [0.25, 0.3) is 5.91 Å².